The highest BCUT2D eigenvalue weighted by atomic mass is 19.1. The van der Waals surface area contributed by atoms with Gasteiger partial charge in [0.05, 0.1) is 30.1 Å². The van der Waals surface area contributed by atoms with E-state index in [1.54, 1.807) is 6.07 Å². The van der Waals surface area contributed by atoms with E-state index in [1.165, 1.54) is 7.11 Å². The molecule has 0 aliphatic carbocycles. The second-order valence-electron chi connectivity index (χ2n) is 8.36. The molecule has 1 saturated heterocycles. The zero-order valence-corrected chi connectivity index (χ0v) is 19.9. The lowest BCUT2D eigenvalue weighted by Crippen LogP contribution is -2.40. The van der Waals surface area contributed by atoms with Crippen molar-refractivity contribution in [3.05, 3.63) is 53.6 Å². The van der Waals surface area contributed by atoms with Crippen LogP contribution in [0.5, 0.6) is 0 Å². The van der Waals surface area contributed by atoms with E-state index in [1.807, 2.05) is 19.1 Å². The number of carboxylic acids is 1. The van der Waals surface area contributed by atoms with Gasteiger partial charge in [0.15, 0.2) is 0 Å². The van der Waals surface area contributed by atoms with Crippen molar-refractivity contribution in [2.24, 2.45) is 0 Å². The Labute approximate surface area is 203 Å². The molecule has 3 rings (SSSR count). The third kappa shape index (κ3) is 7.12. The van der Waals surface area contributed by atoms with Crippen LogP contribution in [0.1, 0.15) is 37.7 Å². The quantitative estimate of drug-likeness (QED) is 0.441. The number of benzene rings is 2. The summed E-state index contributed by atoms with van der Waals surface area (Å²) in [7, 11) is 1.50. The van der Waals surface area contributed by atoms with Crippen LogP contribution in [0, 0.1) is 11.6 Å². The van der Waals surface area contributed by atoms with Crippen molar-refractivity contribution >= 4 is 29.1 Å². The normalized spacial score (nSPS) is 14.9. The molecule has 0 unspecified atom stereocenters. The smallest absolute Gasteiger partial charge is 0.323 e. The molecule has 1 fully saturated rings. The van der Waals surface area contributed by atoms with E-state index < -0.39 is 29.6 Å². The largest absolute Gasteiger partial charge is 0.481 e. The zero-order valence-electron chi connectivity index (χ0n) is 19.9. The molecule has 0 bridgehead atoms. The molecule has 1 aliphatic rings. The molecule has 0 aromatic heterocycles. The monoisotopic (exact) mass is 491 g/mol. The summed E-state index contributed by atoms with van der Waals surface area (Å²) in [6.45, 7) is 4.15. The van der Waals surface area contributed by atoms with Crippen molar-refractivity contribution in [3.63, 3.8) is 0 Å². The minimum Gasteiger partial charge on any atom is -0.481 e. The van der Waals surface area contributed by atoms with Gasteiger partial charge < -0.3 is 30.1 Å². The Bertz CT molecular complexity index is 1030. The molecule has 10 heteroatoms. The fourth-order valence-corrected chi connectivity index (χ4v) is 4.33. The van der Waals surface area contributed by atoms with Crippen molar-refractivity contribution in [3.8, 4) is 0 Å². The van der Waals surface area contributed by atoms with Crippen molar-refractivity contribution in [1.29, 1.82) is 0 Å². The van der Waals surface area contributed by atoms with Gasteiger partial charge in [-0.3, -0.25) is 4.79 Å². The summed E-state index contributed by atoms with van der Waals surface area (Å²) in [6, 6.07) is 7.79. The lowest BCUT2D eigenvalue weighted by Gasteiger charge is -2.36. The van der Waals surface area contributed by atoms with Gasteiger partial charge in [0, 0.05) is 44.9 Å². The highest BCUT2D eigenvalue weighted by Gasteiger charge is 2.25. The number of nitrogens with one attached hydrogen (secondary N) is 2. The molecule has 8 nitrogen and oxygen atoms in total. The number of rotatable bonds is 10. The van der Waals surface area contributed by atoms with Gasteiger partial charge in [-0.25, -0.2) is 13.6 Å². The first-order valence-corrected chi connectivity index (χ1v) is 11.5. The number of anilines is 3. The van der Waals surface area contributed by atoms with Crippen LogP contribution in [-0.4, -0.2) is 56.6 Å². The molecular weight excluding hydrogens is 460 g/mol. The first kappa shape index (κ1) is 26.4. The summed E-state index contributed by atoms with van der Waals surface area (Å²) >= 11 is 0. The van der Waals surface area contributed by atoms with Crippen LogP contribution < -0.4 is 15.5 Å². The number of nitrogens with zero attached hydrogens (tertiary/aromatic N) is 1. The molecule has 0 saturated carbocycles. The molecular formula is C25H31F2N3O5. The van der Waals surface area contributed by atoms with Crippen molar-refractivity contribution in [2.75, 3.05) is 49.0 Å². The van der Waals surface area contributed by atoms with Crippen LogP contribution in [0.25, 0.3) is 0 Å². The molecule has 1 heterocycles. The van der Waals surface area contributed by atoms with E-state index in [0.717, 1.165) is 30.7 Å². The number of carbonyl (C=O) groups excluding carboxylic acids is 1. The predicted molar refractivity (Wildman–Crippen MR) is 129 cm³/mol. The lowest BCUT2D eigenvalue weighted by molar-refractivity contribution is -0.137. The molecule has 2 aromatic rings. The number of urea groups is 1. The number of hydrogen-bond acceptors (Lipinski definition) is 5. The van der Waals surface area contributed by atoms with E-state index in [2.05, 4.69) is 15.5 Å². The van der Waals surface area contributed by atoms with E-state index in [4.69, 9.17) is 9.47 Å². The fraction of sp³-hybridized carbons (Fsp3) is 0.440. The highest BCUT2D eigenvalue weighted by molar-refractivity contribution is 6.02. The second kappa shape index (κ2) is 12.5. The van der Waals surface area contributed by atoms with E-state index >= 15 is 0 Å². The average molecular weight is 492 g/mol. The molecule has 2 amide bonds. The summed E-state index contributed by atoms with van der Waals surface area (Å²) in [5.74, 6) is -3.04. The Morgan fingerprint density at radius 1 is 1.14 bits per heavy atom. The Kier molecular flexibility index (Phi) is 9.39. The first-order valence-electron chi connectivity index (χ1n) is 11.5. The second-order valence-corrected chi connectivity index (χ2v) is 8.36. The fourth-order valence-electron chi connectivity index (χ4n) is 4.33. The van der Waals surface area contributed by atoms with E-state index in [-0.39, 0.29) is 24.8 Å². The number of methoxy groups -OCH3 is 1. The van der Waals surface area contributed by atoms with Crippen molar-refractivity contribution in [2.45, 2.75) is 38.1 Å². The molecule has 0 spiro atoms. The summed E-state index contributed by atoms with van der Waals surface area (Å²) in [4.78, 5) is 26.4. The number of aliphatic carboxylic acids is 1. The van der Waals surface area contributed by atoms with Crippen LogP contribution in [0.2, 0.25) is 0 Å². The average Bonchev–Trinajstić information content (AvgIpc) is 2.82. The topological polar surface area (TPSA) is 100 Å². The summed E-state index contributed by atoms with van der Waals surface area (Å²) in [5.41, 5.74) is 1.72. The van der Waals surface area contributed by atoms with Crippen LogP contribution in [-0.2, 0) is 14.3 Å². The SMILES string of the molecule is CCN(c1ccc([C@H](COC)CC(=O)O)cc1NC(=O)Nc1ccc(F)cc1F)C1CCOCC1. The zero-order chi connectivity index (χ0) is 25.4. The maximum atomic E-state index is 14.1. The molecule has 35 heavy (non-hydrogen) atoms. The minimum absolute atomic E-state index is 0.142. The molecule has 1 aliphatic heterocycles. The minimum atomic E-state index is -0.965. The Morgan fingerprint density at radius 3 is 2.49 bits per heavy atom. The number of carbonyl (C=O) groups is 2. The van der Waals surface area contributed by atoms with Gasteiger partial charge in [-0.15, -0.1) is 0 Å². The van der Waals surface area contributed by atoms with Crippen LogP contribution in [0.15, 0.2) is 36.4 Å². The van der Waals surface area contributed by atoms with Crippen molar-refractivity contribution in [1.82, 2.24) is 0 Å². The summed E-state index contributed by atoms with van der Waals surface area (Å²) < 4.78 is 38.0. The molecule has 190 valence electrons. The van der Waals surface area contributed by atoms with E-state index in [9.17, 15) is 23.5 Å². The van der Waals surface area contributed by atoms with Gasteiger partial charge in [-0.05, 0) is 49.6 Å². The maximum Gasteiger partial charge on any atom is 0.323 e. The third-order valence-corrected chi connectivity index (χ3v) is 5.99. The predicted octanol–water partition coefficient (Wildman–Crippen LogP) is 4.82. The van der Waals surface area contributed by atoms with Crippen LogP contribution in [0.3, 0.4) is 0 Å². The van der Waals surface area contributed by atoms with Crippen molar-refractivity contribution < 1.29 is 33.0 Å². The lowest BCUT2D eigenvalue weighted by atomic mass is 9.95. The van der Waals surface area contributed by atoms with Gasteiger partial charge in [-0.1, -0.05) is 6.07 Å². The van der Waals surface area contributed by atoms with Gasteiger partial charge in [0.1, 0.15) is 11.6 Å². The standard InChI is InChI=1S/C25H31F2N3O5/c1-3-30(19-8-10-35-11-9-19)23-7-4-16(17(15-34-2)13-24(31)32)12-22(23)29-25(33)28-21-6-5-18(26)14-20(21)27/h4-7,12,14,17,19H,3,8-11,13,15H2,1-2H3,(H,31,32)(H2,28,29,33)/t17-/m0/s1. The van der Waals surface area contributed by atoms with Gasteiger partial charge in [0.2, 0.25) is 0 Å². The Morgan fingerprint density at radius 2 is 1.86 bits per heavy atom. The number of amides is 2. The highest BCUT2D eigenvalue weighted by Crippen LogP contribution is 2.34. The van der Waals surface area contributed by atoms with Crippen LogP contribution >= 0.6 is 0 Å². The molecule has 2 aromatic carbocycles. The molecule has 3 N–H and O–H groups in total. The summed E-state index contributed by atoms with van der Waals surface area (Å²) in [6.07, 6.45) is 1.51. The first-order chi connectivity index (χ1) is 16.8. The van der Waals surface area contributed by atoms with Gasteiger partial charge >= 0.3 is 12.0 Å². The number of halogens is 2. The molecule has 0 radical (unpaired) electrons. The molecule has 1 atom stereocenters. The number of carboxylic acid groups (broad SMARTS) is 1. The van der Waals surface area contributed by atoms with E-state index in [0.29, 0.717) is 37.1 Å². The van der Waals surface area contributed by atoms with Gasteiger partial charge in [0.25, 0.3) is 0 Å². The van der Waals surface area contributed by atoms with Crippen LogP contribution in [0.4, 0.5) is 30.6 Å². The Balaban J connectivity index is 1.94. The number of hydrogen-bond donors (Lipinski definition) is 3. The maximum absolute atomic E-state index is 14.1. The Hall–Kier alpha value is -3.24. The number of ether oxygens (including phenoxy) is 2. The summed E-state index contributed by atoms with van der Waals surface area (Å²) in [5, 5.41) is 14.5. The van der Waals surface area contributed by atoms with Gasteiger partial charge in [-0.2, -0.15) is 0 Å². The third-order valence-electron chi connectivity index (χ3n) is 5.99.